The number of benzene rings is 1. The highest BCUT2D eigenvalue weighted by Gasteiger charge is 2.33. The predicted molar refractivity (Wildman–Crippen MR) is 111 cm³/mol. The van der Waals surface area contributed by atoms with Crippen molar-refractivity contribution in [3.05, 3.63) is 96.7 Å². The smallest absolute Gasteiger partial charge is 0.338 e. The van der Waals surface area contributed by atoms with Crippen LogP contribution in [0.1, 0.15) is 31.0 Å². The number of fused-ring (bicyclic) bond motifs is 1. The first-order valence-electron chi connectivity index (χ1n) is 9.34. The number of hydrogen-bond acceptors (Lipinski definition) is 6. The molecule has 3 heterocycles. The number of nitrogens with zero attached hydrogens (tertiary/aromatic N) is 3. The average Bonchev–Trinajstić information content (AvgIpc) is 3.03. The maximum Gasteiger partial charge on any atom is 0.338 e. The lowest BCUT2D eigenvalue weighted by molar-refractivity contribution is -0.139. The first kappa shape index (κ1) is 19.9. The van der Waals surface area contributed by atoms with Gasteiger partial charge in [0.05, 0.1) is 28.5 Å². The highest BCUT2D eigenvalue weighted by molar-refractivity contribution is 7.07. The van der Waals surface area contributed by atoms with E-state index in [9.17, 15) is 14.0 Å². The summed E-state index contributed by atoms with van der Waals surface area (Å²) in [5, 5.41) is 0. The molecule has 0 spiro atoms. The molecule has 6 nitrogen and oxygen atoms in total. The molecule has 1 atom stereocenters. The van der Waals surface area contributed by atoms with E-state index < -0.39 is 17.8 Å². The van der Waals surface area contributed by atoms with Crippen LogP contribution in [0.4, 0.5) is 4.39 Å². The quantitative estimate of drug-likeness (QED) is 0.604. The SMILES string of the molecule is CCOC(=O)C1=C(C)N=c2sc(=Cc3ccncc3)c(=O)n2C1c1ccc(F)cc1. The number of allylic oxidation sites excluding steroid dienone is 1. The second-order valence-corrected chi connectivity index (χ2v) is 7.64. The van der Waals surface area contributed by atoms with Gasteiger partial charge in [0.1, 0.15) is 5.82 Å². The molecule has 0 aliphatic carbocycles. The van der Waals surface area contributed by atoms with E-state index in [0.717, 1.165) is 5.56 Å². The Morgan fingerprint density at radius 1 is 1.23 bits per heavy atom. The molecule has 1 aromatic carbocycles. The molecule has 30 heavy (non-hydrogen) atoms. The highest BCUT2D eigenvalue weighted by atomic mass is 32.1. The van der Waals surface area contributed by atoms with Crippen molar-refractivity contribution in [3.8, 4) is 0 Å². The number of thiazole rings is 1. The minimum Gasteiger partial charge on any atom is -0.463 e. The van der Waals surface area contributed by atoms with E-state index in [0.29, 0.717) is 20.6 Å². The lowest BCUT2D eigenvalue weighted by Gasteiger charge is -2.24. The number of pyridine rings is 1. The maximum absolute atomic E-state index is 13.5. The molecule has 0 radical (unpaired) electrons. The summed E-state index contributed by atoms with van der Waals surface area (Å²) in [7, 11) is 0. The van der Waals surface area contributed by atoms with Crippen molar-refractivity contribution in [3.63, 3.8) is 0 Å². The molecule has 0 amide bonds. The highest BCUT2D eigenvalue weighted by Crippen LogP contribution is 2.30. The van der Waals surface area contributed by atoms with E-state index >= 15 is 0 Å². The molecule has 0 saturated heterocycles. The van der Waals surface area contributed by atoms with E-state index in [4.69, 9.17) is 4.74 Å². The Balaban J connectivity index is 1.96. The maximum atomic E-state index is 13.5. The predicted octanol–water partition coefficient (Wildman–Crippen LogP) is 2.33. The number of halogens is 1. The fraction of sp³-hybridized carbons (Fsp3) is 0.182. The minimum absolute atomic E-state index is 0.193. The molecule has 8 heteroatoms. The van der Waals surface area contributed by atoms with Crippen molar-refractivity contribution in [1.82, 2.24) is 9.55 Å². The largest absolute Gasteiger partial charge is 0.463 e. The number of carbonyl (C=O) groups is 1. The summed E-state index contributed by atoms with van der Waals surface area (Å²) < 4.78 is 20.7. The third kappa shape index (κ3) is 3.61. The van der Waals surface area contributed by atoms with Gasteiger partial charge >= 0.3 is 5.97 Å². The van der Waals surface area contributed by atoms with Gasteiger partial charge in [0.15, 0.2) is 4.80 Å². The summed E-state index contributed by atoms with van der Waals surface area (Å²) in [5.41, 5.74) is 1.89. The summed E-state index contributed by atoms with van der Waals surface area (Å²) in [6.45, 7) is 3.62. The average molecular weight is 423 g/mol. The number of ether oxygens (including phenoxy) is 1. The standard InChI is InChI=1S/C22H18FN3O3S/c1-3-29-21(28)18-13(2)25-22-26(19(18)15-4-6-16(23)7-5-15)20(27)17(30-22)12-14-8-10-24-11-9-14/h4-12,19H,3H2,1-2H3. The van der Waals surface area contributed by atoms with Crippen molar-refractivity contribution >= 4 is 23.4 Å². The van der Waals surface area contributed by atoms with Crippen molar-refractivity contribution in [2.24, 2.45) is 4.99 Å². The molecule has 0 bridgehead atoms. The molecular weight excluding hydrogens is 405 g/mol. The van der Waals surface area contributed by atoms with Crippen LogP contribution in [0.25, 0.3) is 6.08 Å². The van der Waals surface area contributed by atoms with Gasteiger partial charge in [-0.1, -0.05) is 23.5 Å². The zero-order valence-corrected chi connectivity index (χ0v) is 17.1. The minimum atomic E-state index is -0.750. The van der Waals surface area contributed by atoms with Crippen LogP contribution in [0.5, 0.6) is 0 Å². The summed E-state index contributed by atoms with van der Waals surface area (Å²) in [4.78, 5) is 35.0. The Morgan fingerprint density at radius 3 is 2.60 bits per heavy atom. The zero-order chi connectivity index (χ0) is 21.3. The Bertz CT molecular complexity index is 1310. The summed E-state index contributed by atoms with van der Waals surface area (Å²) in [5.74, 6) is -0.946. The molecule has 4 rings (SSSR count). The van der Waals surface area contributed by atoms with Crippen LogP contribution in [-0.4, -0.2) is 22.1 Å². The number of aromatic nitrogens is 2. The molecule has 1 aliphatic rings. The van der Waals surface area contributed by atoms with Crippen LogP contribution in [-0.2, 0) is 9.53 Å². The van der Waals surface area contributed by atoms with Gasteiger partial charge < -0.3 is 4.74 Å². The van der Waals surface area contributed by atoms with Gasteiger partial charge in [-0.2, -0.15) is 0 Å². The molecule has 3 aromatic rings. The lowest BCUT2D eigenvalue weighted by Crippen LogP contribution is -2.39. The second-order valence-electron chi connectivity index (χ2n) is 6.63. The van der Waals surface area contributed by atoms with Crippen molar-refractivity contribution in [1.29, 1.82) is 0 Å². The molecule has 2 aromatic heterocycles. The third-order valence-electron chi connectivity index (χ3n) is 4.71. The molecule has 152 valence electrons. The molecule has 0 N–H and O–H groups in total. The Hall–Kier alpha value is -3.39. The normalized spacial score (nSPS) is 16.2. The van der Waals surface area contributed by atoms with E-state index in [1.165, 1.54) is 28.0 Å². The van der Waals surface area contributed by atoms with Gasteiger partial charge in [0.25, 0.3) is 5.56 Å². The van der Waals surface area contributed by atoms with Gasteiger partial charge in [-0.25, -0.2) is 14.2 Å². The summed E-state index contributed by atoms with van der Waals surface area (Å²) >= 11 is 1.24. The Labute approximate surface area is 175 Å². The number of rotatable bonds is 4. The Morgan fingerprint density at radius 2 is 1.93 bits per heavy atom. The van der Waals surface area contributed by atoms with E-state index in [-0.39, 0.29) is 17.7 Å². The fourth-order valence-corrected chi connectivity index (χ4v) is 4.41. The summed E-state index contributed by atoms with van der Waals surface area (Å²) in [6, 6.07) is 8.59. The third-order valence-corrected chi connectivity index (χ3v) is 5.69. The van der Waals surface area contributed by atoms with Gasteiger partial charge in [0, 0.05) is 12.4 Å². The first-order chi connectivity index (χ1) is 14.5. The van der Waals surface area contributed by atoms with Crippen LogP contribution < -0.4 is 14.9 Å². The number of hydrogen-bond donors (Lipinski definition) is 0. The van der Waals surface area contributed by atoms with Crippen LogP contribution in [0, 0.1) is 5.82 Å². The van der Waals surface area contributed by atoms with Crippen LogP contribution in [0.3, 0.4) is 0 Å². The zero-order valence-electron chi connectivity index (χ0n) is 16.3. The number of esters is 1. The molecule has 0 fully saturated rings. The van der Waals surface area contributed by atoms with Gasteiger partial charge in [-0.3, -0.25) is 14.3 Å². The molecule has 1 unspecified atom stereocenters. The van der Waals surface area contributed by atoms with Crippen LogP contribution in [0.15, 0.2) is 69.8 Å². The van der Waals surface area contributed by atoms with Gasteiger partial charge in [-0.15, -0.1) is 0 Å². The van der Waals surface area contributed by atoms with Crippen molar-refractivity contribution in [2.75, 3.05) is 6.61 Å². The van der Waals surface area contributed by atoms with Crippen LogP contribution >= 0.6 is 11.3 Å². The van der Waals surface area contributed by atoms with E-state index in [1.807, 2.05) is 0 Å². The number of carbonyl (C=O) groups excluding carboxylic acids is 1. The van der Waals surface area contributed by atoms with Crippen molar-refractivity contribution in [2.45, 2.75) is 19.9 Å². The van der Waals surface area contributed by atoms with Gasteiger partial charge in [0.2, 0.25) is 0 Å². The molecule has 0 saturated carbocycles. The first-order valence-corrected chi connectivity index (χ1v) is 10.2. The fourth-order valence-electron chi connectivity index (χ4n) is 3.36. The van der Waals surface area contributed by atoms with E-state index in [2.05, 4.69) is 9.98 Å². The van der Waals surface area contributed by atoms with E-state index in [1.54, 1.807) is 56.6 Å². The Kier molecular flexibility index (Phi) is 5.41. The monoisotopic (exact) mass is 423 g/mol. The van der Waals surface area contributed by atoms with Crippen molar-refractivity contribution < 1.29 is 13.9 Å². The lowest BCUT2D eigenvalue weighted by atomic mass is 9.96. The molecular formula is C22H18FN3O3S. The van der Waals surface area contributed by atoms with Crippen LogP contribution in [0.2, 0.25) is 0 Å². The molecule has 1 aliphatic heterocycles. The van der Waals surface area contributed by atoms with Gasteiger partial charge in [-0.05, 0) is 55.3 Å². The second kappa shape index (κ2) is 8.16. The topological polar surface area (TPSA) is 73.6 Å². The summed E-state index contributed by atoms with van der Waals surface area (Å²) in [6.07, 6.45) is 5.05.